The molecule has 0 radical (unpaired) electrons. The summed E-state index contributed by atoms with van der Waals surface area (Å²) in [6.07, 6.45) is -1.12. The van der Waals surface area contributed by atoms with E-state index in [9.17, 15) is 17.6 Å². The number of alkyl halides is 4. The molecule has 1 aromatic heterocycles. The summed E-state index contributed by atoms with van der Waals surface area (Å²) < 4.78 is 59.0. The van der Waals surface area contributed by atoms with Gasteiger partial charge >= 0.3 is 6.18 Å². The second-order valence-electron chi connectivity index (χ2n) is 9.11. The number of hydrogen-bond donors (Lipinski definition) is 2. The summed E-state index contributed by atoms with van der Waals surface area (Å²) >= 11 is 0. The van der Waals surface area contributed by atoms with Gasteiger partial charge in [0.05, 0.1) is 32.6 Å². The minimum absolute atomic E-state index is 0.305. The Balaban J connectivity index is 1.68. The van der Waals surface area contributed by atoms with Gasteiger partial charge in [-0.1, -0.05) is 24.3 Å². The number of anilines is 1. The Hall–Kier alpha value is -2.65. The van der Waals surface area contributed by atoms with Crippen molar-refractivity contribution in [3.05, 3.63) is 58.8 Å². The molecular formula is C26H32F4N4O. The molecule has 0 saturated carbocycles. The average Bonchev–Trinajstić information content (AvgIpc) is 3.19. The van der Waals surface area contributed by atoms with Crippen molar-refractivity contribution in [1.82, 2.24) is 15.2 Å². The fraction of sp³-hybridized carbons (Fsp3) is 0.500. The maximum atomic E-state index is 13.7. The number of fused-ring (bicyclic) bond motifs is 2. The molecule has 0 unspecified atom stereocenters. The van der Waals surface area contributed by atoms with Gasteiger partial charge in [0, 0.05) is 24.7 Å². The van der Waals surface area contributed by atoms with Gasteiger partial charge in [-0.2, -0.15) is 13.2 Å². The van der Waals surface area contributed by atoms with Crippen LogP contribution in [0.2, 0.25) is 0 Å². The van der Waals surface area contributed by atoms with Crippen LogP contribution in [0.3, 0.4) is 0 Å². The van der Waals surface area contributed by atoms with E-state index in [4.69, 9.17) is 4.74 Å². The molecule has 190 valence electrons. The molecule has 9 heteroatoms. The van der Waals surface area contributed by atoms with Crippen LogP contribution in [-0.2, 0) is 6.42 Å². The monoisotopic (exact) mass is 492 g/mol. The Morgan fingerprint density at radius 1 is 1.17 bits per heavy atom. The fourth-order valence-electron chi connectivity index (χ4n) is 5.18. The molecule has 2 atom stereocenters. The number of ether oxygens (including phenoxy) is 1. The molecule has 1 aromatic carbocycles. The van der Waals surface area contributed by atoms with Gasteiger partial charge in [0.1, 0.15) is 11.6 Å². The summed E-state index contributed by atoms with van der Waals surface area (Å²) in [6, 6.07) is 8.99. The van der Waals surface area contributed by atoms with Crippen LogP contribution in [0.4, 0.5) is 23.4 Å². The second-order valence-corrected chi connectivity index (χ2v) is 9.11. The first-order chi connectivity index (χ1) is 16.8. The molecule has 0 spiro atoms. The molecule has 4 rings (SSSR count). The molecule has 0 fully saturated rings. The maximum Gasteiger partial charge on any atom is 0.401 e. The van der Waals surface area contributed by atoms with Crippen LogP contribution < -0.4 is 15.4 Å². The predicted octanol–water partition coefficient (Wildman–Crippen LogP) is 5.16. The van der Waals surface area contributed by atoms with Crippen LogP contribution in [0.25, 0.3) is 5.57 Å². The lowest BCUT2D eigenvalue weighted by Gasteiger charge is -2.42. The maximum absolute atomic E-state index is 13.7. The Kier molecular flexibility index (Phi) is 7.96. The highest BCUT2D eigenvalue weighted by Gasteiger charge is 2.44. The van der Waals surface area contributed by atoms with E-state index < -0.39 is 18.8 Å². The third-order valence-corrected chi connectivity index (χ3v) is 6.71. The first kappa shape index (κ1) is 25.4. The van der Waals surface area contributed by atoms with Gasteiger partial charge in [-0.05, 0) is 61.1 Å². The molecule has 5 nitrogen and oxygen atoms in total. The zero-order valence-electron chi connectivity index (χ0n) is 20.1. The van der Waals surface area contributed by atoms with Crippen LogP contribution in [0.15, 0.2) is 42.1 Å². The van der Waals surface area contributed by atoms with E-state index in [-0.39, 0.29) is 12.7 Å². The molecule has 2 aliphatic rings. The first-order valence-electron chi connectivity index (χ1n) is 12.0. The van der Waals surface area contributed by atoms with E-state index in [2.05, 4.69) is 27.8 Å². The highest BCUT2D eigenvalue weighted by atomic mass is 19.4. The topological polar surface area (TPSA) is 49.4 Å². The van der Waals surface area contributed by atoms with Gasteiger partial charge in [0.15, 0.2) is 0 Å². The van der Waals surface area contributed by atoms with Crippen molar-refractivity contribution in [2.24, 2.45) is 0 Å². The van der Waals surface area contributed by atoms with Crippen LogP contribution in [0.1, 0.15) is 42.5 Å². The Bertz CT molecular complexity index is 1060. The van der Waals surface area contributed by atoms with Gasteiger partial charge in [-0.15, -0.1) is 0 Å². The minimum Gasteiger partial charge on any atom is -0.495 e. The lowest BCUT2D eigenvalue weighted by atomic mass is 9.85. The van der Waals surface area contributed by atoms with Crippen molar-refractivity contribution in [3.63, 3.8) is 0 Å². The smallest absolute Gasteiger partial charge is 0.401 e. The van der Waals surface area contributed by atoms with Crippen LogP contribution in [0, 0.1) is 0 Å². The van der Waals surface area contributed by atoms with Crippen molar-refractivity contribution in [2.75, 3.05) is 45.3 Å². The summed E-state index contributed by atoms with van der Waals surface area (Å²) in [7, 11) is 1.52. The number of nitrogens with one attached hydrogen (secondary N) is 2. The van der Waals surface area contributed by atoms with Gasteiger partial charge in [-0.3, -0.25) is 9.29 Å². The molecular weight excluding hydrogens is 460 g/mol. The lowest BCUT2D eigenvalue weighted by molar-refractivity contribution is -0.155. The Morgan fingerprint density at radius 2 is 1.97 bits per heavy atom. The first-order valence-corrected chi connectivity index (χ1v) is 12.0. The molecule has 1 aliphatic carbocycles. The second kappa shape index (κ2) is 11.0. The molecule has 2 aromatic rings. The highest BCUT2D eigenvalue weighted by Crippen LogP contribution is 2.50. The summed E-state index contributed by atoms with van der Waals surface area (Å²) in [5.41, 5.74) is 5.09. The van der Waals surface area contributed by atoms with Crippen molar-refractivity contribution < 1.29 is 22.3 Å². The number of benzene rings is 1. The molecule has 0 bridgehead atoms. The average molecular weight is 493 g/mol. The van der Waals surface area contributed by atoms with Crippen LogP contribution in [-0.4, -0.2) is 62.1 Å². The zero-order valence-corrected chi connectivity index (χ0v) is 20.1. The van der Waals surface area contributed by atoms with Gasteiger partial charge in [0.2, 0.25) is 0 Å². The van der Waals surface area contributed by atoms with Crippen molar-refractivity contribution in [3.8, 4) is 5.75 Å². The Labute approximate surface area is 203 Å². The van der Waals surface area contributed by atoms with E-state index in [0.29, 0.717) is 56.0 Å². The van der Waals surface area contributed by atoms with E-state index in [1.807, 2.05) is 19.1 Å². The van der Waals surface area contributed by atoms with Gasteiger partial charge in [-0.25, -0.2) is 4.98 Å². The van der Waals surface area contributed by atoms with Crippen molar-refractivity contribution in [2.45, 2.75) is 44.4 Å². The van der Waals surface area contributed by atoms with Crippen molar-refractivity contribution in [1.29, 1.82) is 0 Å². The van der Waals surface area contributed by atoms with Gasteiger partial charge < -0.3 is 15.4 Å². The molecule has 35 heavy (non-hydrogen) atoms. The fourth-order valence-corrected chi connectivity index (χ4v) is 5.18. The molecule has 0 saturated heterocycles. The Morgan fingerprint density at radius 3 is 2.71 bits per heavy atom. The van der Waals surface area contributed by atoms with E-state index in [1.54, 1.807) is 17.2 Å². The number of pyridine rings is 1. The number of nitrogens with zero attached hydrogens (tertiary/aromatic N) is 2. The summed E-state index contributed by atoms with van der Waals surface area (Å²) in [4.78, 5) is 5.95. The number of aromatic nitrogens is 1. The normalized spacial score (nSPS) is 20.1. The number of methoxy groups -OCH3 is 1. The van der Waals surface area contributed by atoms with E-state index >= 15 is 0 Å². The highest BCUT2D eigenvalue weighted by molar-refractivity contribution is 5.79. The third-order valence-electron chi connectivity index (χ3n) is 6.71. The van der Waals surface area contributed by atoms with E-state index in [0.717, 1.165) is 22.3 Å². The summed E-state index contributed by atoms with van der Waals surface area (Å²) in [6.45, 7) is 2.26. The van der Waals surface area contributed by atoms with Crippen LogP contribution >= 0.6 is 0 Å². The van der Waals surface area contributed by atoms with Crippen LogP contribution in [0.5, 0.6) is 5.75 Å². The third kappa shape index (κ3) is 5.78. The number of halogens is 4. The standard InChI is InChI=1S/C26H32F4N4O/c1-17-12-20-19-7-4-3-6-18(19)13-21(20)25(34(17)16-26(28,29)30)22-14-24(33-15-23(22)35-2)32-11-10-31-9-5-8-27/h3-4,6-7,14-15,17,25,31H,5,8-13,16H2,1-2H3,(H,32,33)/t17-,25+/m1/s1. The lowest BCUT2D eigenvalue weighted by Crippen LogP contribution is -2.46. The number of hydrogen-bond acceptors (Lipinski definition) is 5. The van der Waals surface area contributed by atoms with Gasteiger partial charge in [0.25, 0.3) is 0 Å². The molecule has 2 N–H and O–H groups in total. The summed E-state index contributed by atoms with van der Waals surface area (Å²) in [5.74, 6) is 1.03. The number of rotatable bonds is 10. The largest absolute Gasteiger partial charge is 0.495 e. The SMILES string of the molecule is COc1cnc(NCCNCCCF)cc1[C@@H]1C2=C(C[C@@H](C)N1CC(F)(F)F)c1ccccc1C2. The molecule has 0 amide bonds. The molecule has 1 aliphatic heterocycles. The zero-order chi connectivity index (χ0) is 25.0. The summed E-state index contributed by atoms with van der Waals surface area (Å²) in [5, 5.41) is 6.36. The predicted molar refractivity (Wildman–Crippen MR) is 129 cm³/mol. The molecule has 2 heterocycles. The van der Waals surface area contributed by atoms with Crippen molar-refractivity contribution >= 4 is 11.4 Å². The quantitative estimate of drug-likeness (QED) is 0.355. The minimum atomic E-state index is -4.33. The van der Waals surface area contributed by atoms with E-state index in [1.165, 1.54) is 7.11 Å².